The number of ether oxygens (including phenoxy) is 3. The Kier molecular flexibility index (Phi) is 8.46. The molecule has 3 N–H and O–H groups in total. The fraction of sp³-hybridized carbons (Fsp3) is 0.667. The second-order valence-corrected chi connectivity index (χ2v) is 8.49. The van der Waals surface area contributed by atoms with Crippen molar-refractivity contribution in [2.75, 3.05) is 26.4 Å². The standard InChI is InChI=1S/C21H32N2O8/c1-5-6-8-29-16-15(25)10-14(11-24)30-17(16)18(26)23-21(7-9-28-13-21)12-22-19(27)31-20(2,3)4/h10,24H,5-9,11-13H2,1-4H3,(H,22,27)(H,23,26). The quantitative estimate of drug-likeness (QED) is 0.494. The number of aliphatic hydroxyl groups excluding tert-OH is 1. The molecule has 1 aliphatic rings. The Morgan fingerprint density at radius 2 is 2.06 bits per heavy atom. The van der Waals surface area contributed by atoms with Crippen LogP contribution in [0.1, 0.15) is 63.3 Å². The molecule has 1 atom stereocenters. The minimum atomic E-state index is -0.914. The first-order chi connectivity index (χ1) is 14.6. The van der Waals surface area contributed by atoms with Gasteiger partial charge in [0.1, 0.15) is 18.0 Å². The third kappa shape index (κ3) is 7.25. The highest BCUT2D eigenvalue weighted by atomic mass is 16.6. The lowest BCUT2D eigenvalue weighted by molar-refractivity contribution is 0.0498. The summed E-state index contributed by atoms with van der Waals surface area (Å²) in [5.41, 5.74) is -2.13. The Labute approximate surface area is 181 Å². The molecule has 2 rings (SSSR count). The van der Waals surface area contributed by atoms with Crippen molar-refractivity contribution in [3.8, 4) is 5.75 Å². The maximum atomic E-state index is 13.0. The first kappa shape index (κ1) is 24.7. The minimum absolute atomic E-state index is 0.0541. The van der Waals surface area contributed by atoms with Crippen molar-refractivity contribution in [3.63, 3.8) is 0 Å². The van der Waals surface area contributed by atoms with E-state index >= 15 is 0 Å². The van der Waals surface area contributed by atoms with E-state index < -0.39 is 35.2 Å². The molecule has 1 aromatic heterocycles. The summed E-state index contributed by atoms with van der Waals surface area (Å²) >= 11 is 0. The van der Waals surface area contributed by atoms with Gasteiger partial charge in [-0.25, -0.2) is 4.79 Å². The van der Waals surface area contributed by atoms with Crippen LogP contribution >= 0.6 is 0 Å². The lowest BCUT2D eigenvalue weighted by Gasteiger charge is -2.29. The topological polar surface area (TPSA) is 136 Å². The van der Waals surface area contributed by atoms with E-state index in [0.29, 0.717) is 19.4 Å². The average molecular weight is 440 g/mol. The second kappa shape index (κ2) is 10.6. The Morgan fingerprint density at radius 3 is 2.65 bits per heavy atom. The fourth-order valence-electron chi connectivity index (χ4n) is 2.96. The summed E-state index contributed by atoms with van der Waals surface area (Å²) in [5.74, 6) is -1.29. The van der Waals surface area contributed by atoms with Gasteiger partial charge in [0.2, 0.25) is 16.9 Å². The van der Waals surface area contributed by atoms with E-state index in [4.69, 9.17) is 18.6 Å². The molecule has 2 amide bonds. The third-order valence-corrected chi connectivity index (χ3v) is 4.51. The van der Waals surface area contributed by atoms with Gasteiger partial charge in [-0.2, -0.15) is 0 Å². The molecule has 0 aliphatic carbocycles. The monoisotopic (exact) mass is 440 g/mol. The molecule has 10 nitrogen and oxygen atoms in total. The van der Waals surface area contributed by atoms with E-state index in [1.54, 1.807) is 20.8 Å². The molecular formula is C21H32N2O8. The van der Waals surface area contributed by atoms with Crippen molar-refractivity contribution in [2.24, 2.45) is 0 Å². The second-order valence-electron chi connectivity index (χ2n) is 8.49. The molecule has 1 aliphatic heterocycles. The van der Waals surface area contributed by atoms with Gasteiger partial charge in [-0.3, -0.25) is 9.59 Å². The van der Waals surface area contributed by atoms with E-state index in [0.717, 1.165) is 12.5 Å². The van der Waals surface area contributed by atoms with Crippen LogP contribution in [0.25, 0.3) is 0 Å². The normalized spacial score (nSPS) is 18.5. The SMILES string of the molecule is CCCCOc1c(C(=O)NC2(CNC(=O)OC(C)(C)C)CCOC2)oc(CO)cc1=O. The summed E-state index contributed by atoms with van der Waals surface area (Å²) in [6.45, 7) is 7.52. The van der Waals surface area contributed by atoms with Crippen LogP contribution in [-0.4, -0.2) is 54.6 Å². The van der Waals surface area contributed by atoms with Gasteiger partial charge in [-0.05, 0) is 33.6 Å². The highest BCUT2D eigenvalue weighted by molar-refractivity contribution is 5.94. The fourth-order valence-corrected chi connectivity index (χ4v) is 2.96. The van der Waals surface area contributed by atoms with Gasteiger partial charge in [0.05, 0.1) is 18.8 Å². The maximum absolute atomic E-state index is 13.0. The number of rotatable bonds is 9. The molecule has 0 radical (unpaired) electrons. The molecule has 1 saturated heterocycles. The van der Waals surface area contributed by atoms with Gasteiger partial charge in [0.25, 0.3) is 5.91 Å². The predicted molar refractivity (Wildman–Crippen MR) is 111 cm³/mol. The lowest BCUT2D eigenvalue weighted by Crippen LogP contribution is -2.56. The molecule has 174 valence electrons. The molecule has 0 spiro atoms. The van der Waals surface area contributed by atoms with Crippen LogP contribution in [0.3, 0.4) is 0 Å². The average Bonchev–Trinajstić information content (AvgIpc) is 3.14. The Bertz CT molecular complexity index is 822. The van der Waals surface area contributed by atoms with Crippen molar-refractivity contribution in [1.29, 1.82) is 0 Å². The largest absolute Gasteiger partial charge is 0.486 e. The molecule has 2 heterocycles. The van der Waals surface area contributed by atoms with Crippen LogP contribution in [-0.2, 0) is 16.1 Å². The lowest BCUT2D eigenvalue weighted by atomic mass is 9.98. The van der Waals surface area contributed by atoms with Crippen LogP contribution in [0.15, 0.2) is 15.3 Å². The molecular weight excluding hydrogens is 408 g/mol. The van der Waals surface area contributed by atoms with Gasteiger partial charge in [0, 0.05) is 19.2 Å². The van der Waals surface area contributed by atoms with Crippen LogP contribution in [0.2, 0.25) is 0 Å². The number of amides is 2. The van der Waals surface area contributed by atoms with Crippen LogP contribution in [0.4, 0.5) is 4.79 Å². The number of aliphatic hydroxyl groups is 1. The van der Waals surface area contributed by atoms with Crippen LogP contribution in [0.5, 0.6) is 5.75 Å². The molecule has 0 saturated carbocycles. The van der Waals surface area contributed by atoms with Crippen molar-refractivity contribution in [3.05, 3.63) is 27.8 Å². The summed E-state index contributed by atoms with van der Waals surface area (Å²) in [4.78, 5) is 37.5. The number of unbranched alkanes of at least 4 members (excludes halogenated alkanes) is 1. The zero-order valence-corrected chi connectivity index (χ0v) is 18.5. The van der Waals surface area contributed by atoms with Gasteiger partial charge >= 0.3 is 6.09 Å². The van der Waals surface area contributed by atoms with E-state index in [1.165, 1.54) is 0 Å². The highest BCUT2D eigenvalue weighted by Gasteiger charge is 2.39. The maximum Gasteiger partial charge on any atom is 0.407 e. The summed E-state index contributed by atoms with van der Waals surface area (Å²) in [6.07, 6.45) is 1.35. The van der Waals surface area contributed by atoms with E-state index in [2.05, 4.69) is 10.6 Å². The van der Waals surface area contributed by atoms with Gasteiger partial charge in [-0.1, -0.05) is 13.3 Å². The summed E-state index contributed by atoms with van der Waals surface area (Å²) in [7, 11) is 0. The number of nitrogens with one attached hydrogen (secondary N) is 2. The van der Waals surface area contributed by atoms with Crippen molar-refractivity contribution < 1.29 is 33.3 Å². The Morgan fingerprint density at radius 1 is 1.32 bits per heavy atom. The molecule has 1 fully saturated rings. The molecule has 10 heteroatoms. The summed E-state index contributed by atoms with van der Waals surface area (Å²) in [6, 6.07) is 1.09. The summed E-state index contributed by atoms with van der Waals surface area (Å²) in [5, 5.41) is 14.8. The molecule has 1 aromatic rings. The van der Waals surface area contributed by atoms with Crippen molar-refractivity contribution in [1.82, 2.24) is 10.6 Å². The van der Waals surface area contributed by atoms with Crippen molar-refractivity contribution >= 4 is 12.0 Å². The highest BCUT2D eigenvalue weighted by Crippen LogP contribution is 2.22. The first-order valence-electron chi connectivity index (χ1n) is 10.4. The van der Waals surface area contributed by atoms with E-state index in [-0.39, 0.29) is 37.0 Å². The van der Waals surface area contributed by atoms with Crippen molar-refractivity contribution in [2.45, 2.75) is 64.7 Å². The minimum Gasteiger partial charge on any atom is -0.486 e. The number of carbonyl (C=O) groups is 2. The third-order valence-electron chi connectivity index (χ3n) is 4.51. The van der Waals surface area contributed by atoms with Gasteiger partial charge in [0.15, 0.2) is 0 Å². The van der Waals surface area contributed by atoms with E-state index in [9.17, 15) is 19.5 Å². The number of hydrogen-bond donors (Lipinski definition) is 3. The number of hydrogen-bond acceptors (Lipinski definition) is 8. The number of carbonyl (C=O) groups excluding carboxylic acids is 2. The first-order valence-corrected chi connectivity index (χ1v) is 10.4. The van der Waals surface area contributed by atoms with Gasteiger partial charge in [-0.15, -0.1) is 0 Å². The molecule has 0 bridgehead atoms. The smallest absolute Gasteiger partial charge is 0.407 e. The van der Waals surface area contributed by atoms with E-state index in [1.807, 2.05) is 6.92 Å². The Balaban J connectivity index is 2.20. The van der Waals surface area contributed by atoms with Crippen LogP contribution in [0, 0.1) is 0 Å². The predicted octanol–water partition coefficient (Wildman–Crippen LogP) is 1.72. The number of alkyl carbamates (subject to hydrolysis) is 1. The van der Waals surface area contributed by atoms with Gasteiger partial charge < -0.3 is 34.4 Å². The molecule has 31 heavy (non-hydrogen) atoms. The molecule has 0 aromatic carbocycles. The molecule has 1 unspecified atom stereocenters. The zero-order chi connectivity index (χ0) is 23.1. The zero-order valence-electron chi connectivity index (χ0n) is 18.5. The van der Waals surface area contributed by atoms with Crippen LogP contribution < -0.4 is 20.8 Å². The summed E-state index contributed by atoms with van der Waals surface area (Å²) < 4.78 is 21.6. The Hall–Kier alpha value is -2.59.